The van der Waals surface area contributed by atoms with E-state index in [-0.39, 0.29) is 17.3 Å². The highest BCUT2D eigenvalue weighted by Gasteiger charge is 2.60. The first-order chi connectivity index (χ1) is 16.0. The van der Waals surface area contributed by atoms with Gasteiger partial charge in [-0.15, -0.1) is 0 Å². The molecule has 1 unspecified atom stereocenters. The van der Waals surface area contributed by atoms with Crippen LogP contribution in [0.2, 0.25) is 10.0 Å². The van der Waals surface area contributed by atoms with Crippen LogP contribution >= 0.6 is 35.1 Å². The monoisotopic (exact) mass is 533 g/mol. The number of nitrogens with zero attached hydrogens (tertiary/aromatic N) is 2. The number of alkyl halides is 3. The van der Waals surface area contributed by atoms with Crippen molar-refractivity contribution in [3.05, 3.63) is 68.4 Å². The normalized spacial score (nSPS) is 23.0. The first-order valence-electron chi connectivity index (χ1n) is 10.2. The van der Waals surface area contributed by atoms with Gasteiger partial charge in [-0.1, -0.05) is 35.3 Å². The molecule has 1 atom stereocenters. The number of likely N-dealkylation sites (tertiary alicyclic amines) is 1. The second-order valence-electron chi connectivity index (χ2n) is 8.45. The van der Waals surface area contributed by atoms with Gasteiger partial charge in [0, 0.05) is 13.5 Å². The summed E-state index contributed by atoms with van der Waals surface area (Å²) in [5.74, 6) is -0.966. The lowest BCUT2D eigenvalue weighted by atomic mass is 9.83. The summed E-state index contributed by atoms with van der Waals surface area (Å²) in [7, 11) is 1.55. The number of hydrogen-bond acceptors (Lipinski definition) is 4. The quantitative estimate of drug-likeness (QED) is 0.301. The van der Waals surface area contributed by atoms with Crippen LogP contribution in [0.1, 0.15) is 28.7 Å². The molecule has 34 heavy (non-hydrogen) atoms. The predicted molar refractivity (Wildman–Crippen MR) is 122 cm³/mol. The van der Waals surface area contributed by atoms with Crippen molar-refractivity contribution in [1.29, 1.82) is 0 Å². The Morgan fingerprint density at radius 2 is 1.88 bits per heavy atom. The van der Waals surface area contributed by atoms with Crippen molar-refractivity contribution < 1.29 is 27.1 Å². The van der Waals surface area contributed by atoms with Gasteiger partial charge in [0.25, 0.3) is 0 Å². The molecule has 1 N–H and O–H groups in total. The Hall–Kier alpha value is -2.01. The second-order valence-corrected chi connectivity index (χ2v) is 10.3. The van der Waals surface area contributed by atoms with Crippen LogP contribution in [0.25, 0.3) is 0 Å². The number of hydrogen-bond donors (Lipinski definition) is 1. The van der Waals surface area contributed by atoms with E-state index >= 15 is 0 Å². The third kappa shape index (κ3) is 3.49. The SMILES string of the molecule is CNC(=O)N1CC2(C1)OCc1cc(C3=NSC(c4cc(Cl)c(F)c(Cl)c4)(C(F)(F)F)C3)ccc12. The lowest BCUT2D eigenvalue weighted by molar-refractivity contribution is -0.159. The minimum absolute atomic E-state index is 0.193. The number of carbonyl (C=O) groups is 1. The van der Waals surface area contributed by atoms with Crippen LogP contribution in [-0.4, -0.2) is 43.0 Å². The van der Waals surface area contributed by atoms with E-state index in [4.69, 9.17) is 27.9 Å². The van der Waals surface area contributed by atoms with Crippen molar-refractivity contribution in [1.82, 2.24) is 10.2 Å². The van der Waals surface area contributed by atoms with Crippen LogP contribution in [0, 0.1) is 5.82 Å². The molecule has 0 bridgehead atoms. The molecule has 2 aromatic rings. The third-order valence-corrected chi connectivity index (χ3v) is 8.25. The maximum absolute atomic E-state index is 14.3. The first kappa shape index (κ1) is 23.7. The zero-order valence-corrected chi connectivity index (χ0v) is 19.9. The summed E-state index contributed by atoms with van der Waals surface area (Å²) >= 11 is 12.0. The smallest absolute Gasteiger partial charge is 0.362 e. The summed E-state index contributed by atoms with van der Waals surface area (Å²) in [6, 6.07) is 7.04. The minimum atomic E-state index is -4.70. The van der Waals surface area contributed by atoms with Crippen molar-refractivity contribution in [3.8, 4) is 0 Å². The van der Waals surface area contributed by atoms with E-state index in [1.54, 1.807) is 24.1 Å². The van der Waals surface area contributed by atoms with Gasteiger partial charge in [0.05, 0.1) is 35.5 Å². The van der Waals surface area contributed by atoms with Crippen molar-refractivity contribution in [2.45, 2.75) is 29.6 Å². The molecule has 12 heteroatoms. The number of benzene rings is 2. The van der Waals surface area contributed by atoms with Gasteiger partial charge in [0.15, 0.2) is 10.6 Å². The summed E-state index contributed by atoms with van der Waals surface area (Å²) in [4.78, 5) is 13.4. The summed E-state index contributed by atoms with van der Waals surface area (Å²) in [6.45, 7) is 1.09. The van der Waals surface area contributed by atoms with E-state index in [0.29, 0.717) is 37.2 Å². The van der Waals surface area contributed by atoms with E-state index in [1.165, 1.54) is 0 Å². The fourth-order valence-corrected chi connectivity index (χ4v) is 6.06. The summed E-state index contributed by atoms with van der Waals surface area (Å²) in [5.41, 5.74) is 1.71. The van der Waals surface area contributed by atoms with Gasteiger partial charge in [-0.3, -0.25) is 0 Å². The topological polar surface area (TPSA) is 53.9 Å². The molecular weight excluding hydrogens is 517 g/mol. The largest absolute Gasteiger partial charge is 0.409 e. The summed E-state index contributed by atoms with van der Waals surface area (Å²) in [6.07, 6.45) is -5.17. The fourth-order valence-electron chi connectivity index (χ4n) is 4.61. The number of carbonyl (C=O) groups excluding carboxylic acids is 1. The average molecular weight is 534 g/mol. The first-order valence-corrected chi connectivity index (χ1v) is 11.7. The van der Waals surface area contributed by atoms with Crippen LogP contribution in [0.4, 0.5) is 22.4 Å². The van der Waals surface area contributed by atoms with E-state index < -0.39 is 38.8 Å². The number of fused-ring (bicyclic) bond motifs is 2. The summed E-state index contributed by atoms with van der Waals surface area (Å²) in [5, 5.41) is 1.61. The number of ether oxygens (including phenoxy) is 1. The Balaban J connectivity index is 1.43. The number of rotatable bonds is 2. The Morgan fingerprint density at radius 3 is 2.50 bits per heavy atom. The molecule has 5 rings (SSSR count). The predicted octanol–water partition coefficient (Wildman–Crippen LogP) is 5.81. The van der Waals surface area contributed by atoms with Crippen LogP contribution in [0.5, 0.6) is 0 Å². The Labute approximate surface area is 206 Å². The van der Waals surface area contributed by atoms with E-state index in [2.05, 4.69) is 9.71 Å². The standard InChI is InChI=1S/C22H17Cl2F4N3O2S/c1-29-19(32)31-9-20(10-31)14-3-2-11(4-12(14)8-33-20)17-7-21(34-30-17,22(26,27)28)13-5-15(23)18(25)16(24)6-13/h2-6H,7-10H2,1H3,(H,29,32). The Kier molecular flexibility index (Phi) is 5.59. The van der Waals surface area contributed by atoms with Crippen LogP contribution in [0.3, 0.4) is 0 Å². The van der Waals surface area contributed by atoms with Crippen molar-refractivity contribution in [3.63, 3.8) is 0 Å². The molecule has 1 spiro atoms. The van der Waals surface area contributed by atoms with E-state index in [0.717, 1.165) is 23.3 Å². The van der Waals surface area contributed by atoms with E-state index in [1.807, 2.05) is 6.07 Å². The van der Waals surface area contributed by atoms with Crippen LogP contribution < -0.4 is 5.32 Å². The Bertz CT molecular complexity index is 1210. The molecular formula is C22H17Cl2F4N3O2S. The number of nitrogens with one attached hydrogen (secondary N) is 1. The highest BCUT2D eigenvalue weighted by atomic mass is 35.5. The third-order valence-electron chi connectivity index (χ3n) is 6.46. The number of halogens is 6. The molecule has 0 radical (unpaired) electrons. The molecule has 5 nitrogen and oxygen atoms in total. The van der Waals surface area contributed by atoms with Crippen molar-refractivity contribution >= 4 is 46.9 Å². The number of amides is 2. The fraction of sp³-hybridized carbons (Fsp3) is 0.364. The molecule has 3 aliphatic heterocycles. The van der Waals surface area contributed by atoms with Crippen molar-refractivity contribution in [2.24, 2.45) is 4.40 Å². The molecule has 2 amide bonds. The highest BCUT2D eigenvalue weighted by Crippen LogP contribution is 2.57. The maximum atomic E-state index is 14.3. The van der Waals surface area contributed by atoms with Gasteiger partial charge >= 0.3 is 12.2 Å². The van der Waals surface area contributed by atoms with Crippen LogP contribution in [0.15, 0.2) is 34.7 Å². The molecule has 2 aromatic carbocycles. The molecule has 0 aromatic heterocycles. The lowest BCUT2D eigenvalue weighted by Crippen LogP contribution is -2.62. The number of urea groups is 1. The molecule has 1 fully saturated rings. The van der Waals surface area contributed by atoms with Gasteiger partial charge < -0.3 is 15.0 Å². The van der Waals surface area contributed by atoms with Gasteiger partial charge in [-0.05, 0) is 52.4 Å². The minimum Gasteiger partial charge on any atom is -0.362 e. The molecule has 180 valence electrons. The van der Waals surface area contributed by atoms with Gasteiger partial charge in [0.1, 0.15) is 5.60 Å². The molecule has 0 saturated carbocycles. The highest BCUT2D eigenvalue weighted by molar-refractivity contribution is 7.99. The Morgan fingerprint density at radius 1 is 1.21 bits per heavy atom. The van der Waals surface area contributed by atoms with Gasteiger partial charge in [-0.2, -0.15) is 13.2 Å². The van der Waals surface area contributed by atoms with Crippen LogP contribution in [-0.2, 0) is 21.7 Å². The maximum Gasteiger partial charge on any atom is 0.409 e. The summed E-state index contributed by atoms with van der Waals surface area (Å²) < 4.78 is 64.5. The average Bonchev–Trinajstić information content (AvgIpc) is 3.38. The zero-order chi connectivity index (χ0) is 24.5. The zero-order valence-electron chi connectivity index (χ0n) is 17.6. The van der Waals surface area contributed by atoms with Gasteiger partial charge in [0.2, 0.25) is 0 Å². The second kappa shape index (κ2) is 8.01. The molecule has 3 aliphatic rings. The van der Waals surface area contributed by atoms with Crippen molar-refractivity contribution in [2.75, 3.05) is 20.1 Å². The van der Waals surface area contributed by atoms with E-state index in [9.17, 15) is 22.4 Å². The molecule has 0 aliphatic carbocycles. The lowest BCUT2D eigenvalue weighted by Gasteiger charge is -2.47. The molecule has 3 heterocycles. The molecule has 1 saturated heterocycles. The van der Waals surface area contributed by atoms with Gasteiger partial charge in [-0.25, -0.2) is 13.6 Å².